The molecule has 1 aromatic rings. The number of aromatic nitrogens is 3. The maximum atomic E-state index is 11.7. The van der Waals surface area contributed by atoms with Gasteiger partial charge in [0.15, 0.2) is 0 Å². The van der Waals surface area contributed by atoms with Gasteiger partial charge in [-0.25, -0.2) is 9.59 Å². The second-order valence-corrected chi connectivity index (χ2v) is 4.79. The molecule has 3 N–H and O–H groups in total. The Morgan fingerprint density at radius 1 is 1.47 bits per heavy atom. The van der Waals surface area contributed by atoms with Gasteiger partial charge in [-0.3, -0.25) is 4.68 Å². The van der Waals surface area contributed by atoms with Crippen molar-refractivity contribution >= 4 is 12.0 Å². The van der Waals surface area contributed by atoms with Crippen LogP contribution in [0.15, 0.2) is 6.20 Å². The summed E-state index contributed by atoms with van der Waals surface area (Å²) in [5.74, 6) is -0.973. The lowest BCUT2D eigenvalue weighted by molar-refractivity contribution is -0.144. The molecule has 0 bridgehead atoms. The molecule has 0 saturated heterocycles. The largest absolute Gasteiger partial charge is 0.480 e. The fourth-order valence-corrected chi connectivity index (χ4v) is 2.28. The molecule has 104 valence electrons. The van der Waals surface area contributed by atoms with Crippen molar-refractivity contribution < 1.29 is 14.7 Å². The van der Waals surface area contributed by atoms with E-state index in [1.807, 2.05) is 0 Å². The molecule has 0 aliphatic heterocycles. The summed E-state index contributed by atoms with van der Waals surface area (Å²) in [5.41, 5.74) is -0.500. The van der Waals surface area contributed by atoms with E-state index in [1.165, 1.54) is 4.68 Å². The molecule has 0 radical (unpaired) electrons. The number of hydrogen-bond donors (Lipinski definition) is 3. The number of hydrogen-bond acceptors (Lipinski definition) is 4. The van der Waals surface area contributed by atoms with Crippen molar-refractivity contribution in [2.24, 2.45) is 7.05 Å². The molecule has 1 heterocycles. The summed E-state index contributed by atoms with van der Waals surface area (Å²) in [6, 6.07) is -0.491. The number of carboxylic acids is 1. The van der Waals surface area contributed by atoms with Crippen molar-refractivity contribution in [3.63, 3.8) is 0 Å². The van der Waals surface area contributed by atoms with Gasteiger partial charge in [0.1, 0.15) is 11.2 Å². The molecule has 2 rings (SSSR count). The number of carbonyl (C=O) groups excluding carboxylic acids is 1. The first-order valence-electron chi connectivity index (χ1n) is 6.16. The predicted molar refractivity (Wildman–Crippen MR) is 65.2 cm³/mol. The van der Waals surface area contributed by atoms with Crippen molar-refractivity contribution in [1.82, 2.24) is 25.6 Å². The first-order chi connectivity index (χ1) is 9.02. The highest BCUT2D eigenvalue weighted by molar-refractivity contribution is 5.86. The molecule has 0 aromatic carbocycles. The lowest BCUT2D eigenvalue weighted by Gasteiger charge is -2.25. The summed E-state index contributed by atoms with van der Waals surface area (Å²) >= 11 is 0. The standard InChI is InChI=1S/C11H17N5O3/c1-16-7-8(14-15-16)6-12-10(19)13-11(9(17)18)4-2-3-5-11/h7H,2-6H2,1H3,(H,17,18)(H2,12,13,19). The maximum Gasteiger partial charge on any atom is 0.329 e. The zero-order valence-corrected chi connectivity index (χ0v) is 10.7. The van der Waals surface area contributed by atoms with Crippen LogP contribution in [-0.4, -0.2) is 37.6 Å². The van der Waals surface area contributed by atoms with E-state index < -0.39 is 17.5 Å². The summed E-state index contributed by atoms with van der Waals surface area (Å²) in [7, 11) is 1.73. The number of urea groups is 1. The Bertz CT molecular complexity index is 478. The van der Waals surface area contributed by atoms with Crippen LogP contribution in [0.5, 0.6) is 0 Å². The Balaban J connectivity index is 1.88. The third kappa shape index (κ3) is 3.01. The van der Waals surface area contributed by atoms with E-state index in [0.29, 0.717) is 18.5 Å². The van der Waals surface area contributed by atoms with Gasteiger partial charge in [0, 0.05) is 13.2 Å². The van der Waals surface area contributed by atoms with Crippen LogP contribution in [0.4, 0.5) is 4.79 Å². The molecule has 0 atom stereocenters. The smallest absolute Gasteiger partial charge is 0.329 e. The van der Waals surface area contributed by atoms with Gasteiger partial charge < -0.3 is 15.7 Å². The lowest BCUT2D eigenvalue weighted by atomic mass is 9.98. The molecule has 1 fully saturated rings. The fourth-order valence-electron chi connectivity index (χ4n) is 2.28. The number of aliphatic carboxylic acids is 1. The number of carboxylic acid groups (broad SMARTS) is 1. The van der Waals surface area contributed by atoms with Gasteiger partial charge in [0.2, 0.25) is 0 Å². The molecule has 19 heavy (non-hydrogen) atoms. The number of amides is 2. The normalized spacial score (nSPS) is 17.1. The van der Waals surface area contributed by atoms with Crippen LogP contribution in [0.25, 0.3) is 0 Å². The van der Waals surface area contributed by atoms with E-state index in [2.05, 4.69) is 20.9 Å². The Labute approximate surface area is 110 Å². The first-order valence-corrected chi connectivity index (χ1v) is 6.16. The van der Waals surface area contributed by atoms with Crippen molar-refractivity contribution in [3.05, 3.63) is 11.9 Å². The van der Waals surface area contributed by atoms with E-state index in [0.717, 1.165) is 12.8 Å². The van der Waals surface area contributed by atoms with Crippen LogP contribution in [0, 0.1) is 0 Å². The SMILES string of the molecule is Cn1cc(CNC(=O)NC2(C(=O)O)CCCC2)nn1. The lowest BCUT2D eigenvalue weighted by Crippen LogP contribution is -2.55. The summed E-state index contributed by atoms with van der Waals surface area (Å²) in [4.78, 5) is 23.0. The van der Waals surface area contributed by atoms with Crippen LogP contribution >= 0.6 is 0 Å². The molecule has 0 unspecified atom stereocenters. The highest BCUT2D eigenvalue weighted by Gasteiger charge is 2.42. The number of carbonyl (C=O) groups is 2. The average molecular weight is 267 g/mol. The van der Waals surface area contributed by atoms with Crippen molar-refractivity contribution in [2.45, 2.75) is 37.8 Å². The third-order valence-corrected chi connectivity index (χ3v) is 3.30. The second kappa shape index (κ2) is 5.25. The van der Waals surface area contributed by atoms with Gasteiger partial charge in [-0.2, -0.15) is 0 Å². The van der Waals surface area contributed by atoms with Gasteiger partial charge in [0.05, 0.1) is 6.54 Å². The molecule has 1 aromatic heterocycles. The summed E-state index contributed by atoms with van der Waals surface area (Å²) < 4.78 is 1.53. The van der Waals surface area contributed by atoms with E-state index >= 15 is 0 Å². The van der Waals surface area contributed by atoms with Gasteiger partial charge >= 0.3 is 12.0 Å². The molecule has 1 aliphatic rings. The Kier molecular flexibility index (Phi) is 3.68. The van der Waals surface area contributed by atoms with Crippen LogP contribution in [0.3, 0.4) is 0 Å². The van der Waals surface area contributed by atoms with Gasteiger partial charge in [-0.05, 0) is 12.8 Å². The summed E-state index contributed by atoms with van der Waals surface area (Å²) in [6.45, 7) is 0.218. The summed E-state index contributed by atoms with van der Waals surface area (Å²) in [6.07, 6.45) is 4.26. The topological polar surface area (TPSA) is 109 Å². The van der Waals surface area contributed by atoms with Crippen molar-refractivity contribution in [3.8, 4) is 0 Å². The van der Waals surface area contributed by atoms with Crippen LogP contribution in [-0.2, 0) is 18.4 Å². The minimum atomic E-state index is -1.12. The zero-order valence-electron chi connectivity index (χ0n) is 10.7. The molecule has 8 nitrogen and oxygen atoms in total. The van der Waals surface area contributed by atoms with Crippen molar-refractivity contribution in [1.29, 1.82) is 0 Å². The second-order valence-electron chi connectivity index (χ2n) is 4.79. The van der Waals surface area contributed by atoms with Crippen LogP contribution in [0.1, 0.15) is 31.4 Å². The molecular formula is C11H17N5O3. The highest BCUT2D eigenvalue weighted by atomic mass is 16.4. The van der Waals surface area contributed by atoms with Gasteiger partial charge in [-0.15, -0.1) is 5.10 Å². The molecule has 8 heteroatoms. The first kappa shape index (κ1) is 13.3. The Morgan fingerprint density at radius 3 is 2.68 bits per heavy atom. The highest BCUT2D eigenvalue weighted by Crippen LogP contribution is 2.29. The molecule has 1 saturated carbocycles. The number of aryl methyl sites for hydroxylation is 1. The minimum absolute atomic E-state index is 0.218. The zero-order chi connectivity index (χ0) is 13.9. The fraction of sp³-hybridized carbons (Fsp3) is 0.636. The Morgan fingerprint density at radius 2 is 2.16 bits per heavy atom. The van der Waals surface area contributed by atoms with E-state index in [9.17, 15) is 14.7 Å². The third-order valence-electron chi connectivity index (χ3n) is 3.30. The van der Waals surface area contributed by atoms with Crippen molar-refractivity contribution in [2.75, 3.05) is 0 Å². The van der Waals surface area contributed by atoms with E-state index in [-0.39, 0.29) is 6.54 Å². The number of nitrogens with zero attached hydrogens (tertiary/aromatic N) is 3. The van der Waals surface area contributed by atoms with Gasteiger partial charge in [0.25, 0.3) is 0 Å². The monoisotopic (exact) mass is 267 g/mol. The van der Waals surface area contributed by atoms with Crippen LogP contribution < -0.4 is 10.6 Å². The maximum absolute atomic E-state index is 11.7. The molecule has 1 aliphatic carbocycles. The quantitative estimate of drug-likeness (QED) is 0.712. The predicted octanol–water partition coefficient (Wildman–Crippen LogP) is 0.0117. The molecule has 0 spiro atoms. The average Bonchev–Trinajstić information content (AvgIpc) is 2.97. The van der Waals surface area contributed by atoms with Gasteiger partial charge in [-0.1, -0.05) is 18.1 Å². The molecular weight excluding hydrogens is 250 g/mol. The number of nitrogens with one attached hydrogen (secondary N) is 2. The summed E-state index contributed by atoms with van der Waals surface area (Å²) in [5, 5.41) is 22.0. The van der Waals surface area contributed by atoms with Crippen LogP contribution in [0.2, 0.25) is 0 Å². The molecule has 2 amide bonds. The minimum Gasteiger partial charge on any atom is -0.480 e. The van der Waals surface area contributed by atoms with E-state index in [4.69, 9.17) is 0 Å². The Hall–Kier alpha value is -2.12. The van der Waals surface area contributed by atoms with E-state index in [1.54, 1.807) is 13.2 Å². The number of rotatable bonds is 4.